The van der Waals surface area contributed by atoms with Gasteiger partial charge in [-0.3, -0.25) is 0 Å². The van der Waals surface area contributed by atoms with Crippen molar-refractivity contribution in [2.45, 2.75) is 50.1 Å². The molecule has 1 aliphatic rings. The Morgan fingerprint density at radius 2 is 1.14 bits per heavy atom. The van der Waals surface area contributed by atoms with Crippen LogP contribution in [0, 0.1) is 24.2 Å². The smallest absolute Gasteiger partial charge is 0.383 e. The largest absolute Gasteiger partial charge is 0.417 e. The molecule has 1 heterocycles. The zero-order valence-corrected chi connectivity index (χ0v) is 20.4. The maximum absolute atomic E-state index is 13.6. The van der Waals surface area contributed by atoms with Crippen LogP contribution in [-0.4, -0.2) is 34.4 Å². The lowest BCUT2D eigenvalue weighted by atomic mass is 9.87. The number of aliphatic hydroxyl groups excluding tert-OH is 2. The minimum Gasteiger partial charge on any atom is -0.383 e. The van der Waals surface area contributed by atoms with E-state index in [-0.39, 0.29) is 29.3 Å². The van der Waals surface area contributed by atoms with Crippen molar-refractivity contribution < 1.29 is 76.1 Å². The van der Waals surface area contributed by atoms with Gasteiger partial charge in [0, 0.05) is 0 Å². The molecule has 2 aromatic carbocycles. The second-order valence-electron chi connectivity index (χ2n) is 8.97. The predicted molar refractivity (Wildman–Crippen MR) is 113 cm³/mol. The summed E-state index contributed by atoms with van der Waals surface area (Å²) in [5.41, 5.74) is -16.9. The summed E-state index contributed by atoms with van der Waals surface area (Å²) in [5, 5.41) is 32.3. The Kier molecular flexibility index (Phi) is 8.22. The molecule has 0 fully saturated rings. The summed E-state index contributed by atoms with van der Waals surface area (Å²) < 4.78 is 204. The maximum atomic E-state index is 13.6. The van der Waals surface area contributed by atoms with Crippen LogP contribution in [0.1, 0.15) is 38.9 Å². The van der Waals surface area contributed by atoms with E-state index in [1.165, 1.54) is 0 Å². The molecule has 1 aliphatic heterocycles. The van der Waals surface area contributed by atoms with Crippen molar-refractivity contribution in [3.05, 3.63) is 63.2 Å². The number of anilines is 1. The third-order valence-corrected chi connectivity index (χ3v) is 6.20. The highest BCUT2D eigenvalue weighted by molar-refractivity contribution is 6.05. The molecule has 0 amide bonds. The van der Waals surface area contributed by atoms with Crippen molar-refractivity contribution in [1.82, 2.24) is 0 Å². The summed E-state index contributed by atoms with van der Waals surface area (Å²) >= 11 is 0. The first-order valence-corrected chi connectivity index (χ1v) is 11.0. The standard InChI is InChI=1S/C23H12F15N3O2/c1-7-11(19(24,25)26)4-9(5-12(7)20(27,28)29)41-18(43)15(17(42)23(36,37)38)16(40-41)8-2-13(21(30,31)32)10(6-39)14(3-8)22(33,34)35/h2-5,15,17-18,42-43H,1H3. The van der Waals surface area contributed by atoms with Crippen LogP contribution in [-0.2, 0) is 24.7 Å². The summed E-state index contributed by atoms with van der Waals surface area (Å²) in [6, 6.07) is -0.156. The van der Waals surface area contributed by atoms with Gasteiger partial charge in [0.2, 0.25) is 0 Å². The number of rotatable bonds is 3. The Morgan fingerprint density at radius 1 is 0.744 bits per heavy atom. The van der Waals surface area contributed by atoms with Gasteiger partial charge in [-0.15, -0.1) is 0 Å². The van der Waals surface area contributed by atoms with Crippen molar-refractivity contribution in [2.75, 3.05) is 5.01 Å². The van der Waals surface area contributed by atoms with Crippen LogP contribution >= 0.6 is 0 Å². The molecule has 0 aromatic heterocycles. The number of nitriles is 1. The highest BCUT2D eigenvalue weighted by Gasteiger charge is 2.54. The zero-order chi connectivity index (χ0) is 33.2. The molecule has 3 unspecified atom stereocenters. The van der Waals surface area contributed by atoms with Gasteiger partial charge in [-0.2, -0.15) is 76.2 Å². The number of aliphatic hydroxyl groups is 2. The number of hydrogen-bond donors (Lipinski definition) is 2. The third kappa shape index (κ3) is 6.46. The fourth-order valence-corrected chi connectivity index (χ4v) is 4.29. The van der Waals surface area contributed by atoms with Crippen molar-refractivity contribution >= 4 is 11.4 Å². The van der Waals surface area contributed by atoms with E-state index in [1.807, 2.05) is 0 Å². The average molecular weight is 647 g/mol. The van der Waals surface area contributed by atoms with Crippen LogP contribution in [0.4, 0.5) is 71.5 Å². The summed E-state index contributed by atoms with van der Waals surface area (Å²) in [7, 11) is 0. The summed E-state index contributed by atoms with van der Waals surface area (Å²) in [4.78, 5) is 0. The molecule has 3 rings (SSSR count). The molecule has 0 saturated heterocycles. The highest BCUT2D eigenvalue weighted by atomic mass is 19.4. The molecule has 236 valence electrons. The van der Waals surface area contributed by atoms with Crippen LogP contribution in [0.5, 0.6) is 0 Å². The summed E-state index contributed by atoms with van der Waals surface area (Å²) in [6.07, 6.45) is -35.4. The molecule has 20 heteroatoms. The summed E-state index contributed by atoms with van der Waals surface area (Å²) in [5.74, 6) is -3.08. The molecule has 0 saturated carbocycles. The molecular formula is C23H12F15N3O2. The van der Waals surface area contributed by atoms with Gasteiger partial charge in [-0.05, 0) is 42.3 Å². The number of nitrogens with zero attached hydrogens (tertiary/aromatic N) is 3. The van der Waals surface area contributed by atoms with Crippen LogP contribution in [0.2, 0.25) is 0 Å². The van der Waals surface area contributed by atoms with E-state index in [2.05, 4.69) is 5.10 Å². The second kappa shape index (κ2) is 10.5. The molecule has 43 heavy (non-hydrogen) atoms. The average Bonchev–Trinajstić information content (AvgIpc) is 3.16. The zero-order valence-electron chi connectivity index (χ0n) is 20.4. The lowest BCUT2D eigenvalue weighted by molar-refractivity contribution is -0.218. The van der Waals surface area contributed by atoms with Gasteiger partial charge in [0.15, 0.2) is 12.3 Å². The molecule has 0 bridgehead atoms. The second-order valence-corrected chi connectivity index (χ2v) is 8.97. The molecule has 2 N–H and O–H groups in total. The molecule has 3 atom stereocenters. The van der Waals surface area contributed by atoms with E-state index in [1.54, 1.807) is 0 Å². The van der Waals surface area contributed by atoms with Gasteiger partial charge in [-0.1, -0.05) is 0 Å². The number of hydrogen-bond acceptors (Lipinski definition) is 5. The fourth-order valence-electron chi connectivity index (χ4n) is 4.29. The lowest BCUT2D eigenvalue weighted by Gasteiger charge is -2.29. The third-order valence-electron chi connectivity index (χ3n) is 6.20. The molecule has 0 radical (unpaired) electrons. The monoisotopic (exact) mass is 647 g/mol. The van der Waals surface area contributed by atoms with Crippen molar-refractivity contribution in [2.24, 2.45) is 11.0 Å². The van der Waals surface area contributed by atoms with Crippen molar-refractivity contribution in [1.29, 1.82) is 5.26 Å². The Hall–Kier alpha value is -3.73. The number of halogens is 15. The number of alkyl halides is 15. The molecular weight excluding hydrogens is 635 g/mol. The van der Waals surface area contributed by atoms with Gasteiger partial charge in [0.25, 0.3) is 0 Å². The first-order valence-electron chi connectivity index (χ1n) is 11.0. The molecule has 0 spiro atoms. The van der Waals surface area contributed by atoms with E-state index in [0.29, 0.717) is 13.0 Å². The molecule has 5 nitrogen and oxygen atoms in total. The van der Waals surface area contributed by atoms with Crippen LogP contribution in [0.25, 0.3) is 0 Å². The Labute approximate surface area is 229 Å². The lowest BCUT2D eigenvalue weighted by Crippen LogP contribution is -2.47. The van der Waals surface area contributed by atoms with E-state index >= 15 is 0 Å². The molecule has 0 aliphatic carbocycles. The Balaban J connectivity index is 2.44. The topological polar surface area (TPSA) is 79.9 Å². The van der Waals surface area contributed by atoms with Gasteiger partial charge in [-0.25, -0.2) is 5.01 Å². The fraction of sp³-hybridized carbons (Fsp3) is 0.391. The van der Waals surface area contributed by atoms with Gasteiger partial charge < -0.3 is 10.2 Å². The maximum Gasteiger partial charge on any atom is 0.417 e. The van der Waals surface area contributed by atoms with Crippen molar-refractivity contribution in [3.63, 3.8) is 0 Å². The van der Waals surface area contributed by atoms with Crippen LogP contribution in [0.15, 0.2) is 29.4 Å². The first-order chi connectivity index (χ1) is 19.2. The predicted octanol–water partition coefficient (Wildman–Crippen LogP) is 7.02. The first kappa shape index (κ1) is 33.8. The summed E-state index contributed by atoms with van der Waals surface area (Å²) in [6.45, 7) is 0.384. The van der Waals surface area contributed by atoms with E-state index < -0.39 is 99.5 Å². The minimum absolute atomic E-state index is 0.113. The van der Waals surface area contributed by atoms with Crippen molar-refractivity contribution in [3.8, 4) is 6.07 Å². The highest BCUT2D eigenvalue weighted by Crippen LogP contribution is 2.46. The van der Waals surface area contributed by atoms with E-state index in [0.717, 1.165) is 0 Å². The SMILES string of the molecule is Cc1c(C(F)(F)F)cc(N2N=C(c3cc(C(F)(F)F)c(C#N)c(C(F)(F)F)c3)C(C(O)C(F)(F)F)C2O)cc1C(F)(F)F. The molecule has 2 aromatic rings. The number of hydrazone groups is 1. The van der Waals surface area contributed by atoms with Gasteiger partial charge in [0.1, 0.15) is 6.07 Å². The van der Waals surface area contributed by atoms with Gasteiger partial charge >= 0.3 is 30.9 Å². The Bertz CT molecular complexity index is 1410. The van der Waals surface area contributed by atoms with E-state index in [9.17, 15) is 76.1 Å². The van der Waals surface area contributed by atoms with Gasteiger partial charge in [0.05, 0.1) is 45.1 Å². The van der Waals surface area contributed by atoms with Crippen LogP contribution < -0.4 is 5.01 Å². The quantitative estimate of drug-likeness (QED) is 0.351. The minimum atomic E-state index is -5.81. The Morgan fingerprint density at radius 3 is 1.47 bits per heavy atom. The van der Waals surface area contributed by atoms with E-state index in [4.69, 9.17) is 5.26 Å². The number of benzene rings is 2. The normalized spacial score (nSPS) is 19.4. The van der Waals surface area contributed by atoms with Crippen LogP contribution in [0.3, 0.4) is 0 Å².